The van der Waals surface area contributed by atoms with E-state index in [1.165, 1.54) is 7.11 Å². The van der Waals surface area contributed by atoms with Crippen molar-refractivity contribution in [2.45, 2.75) is 12.3 Å². The molecule has 0 spiro atoms. The fraction of sp³-hybridized carbons (Fsp3) is 0.188. The van der Waals surface area contributed by atoms with E-state index >= 15 is 0 Å². The van der Waals surface area contributed by atoms with Crippen LogP contribution in [-0.2, 0) is 9.53 Å². The number of methoxy groups -OCH3 is 1. The van der Waals surface area contributed by atoms with E-state index in [0.717, 1.165) is 11.1 Å². The first-order valence-electron chi connectivity index (χ1n) is 6.08. The normalized spacial score (nSPS) is 11.9. The van der Waals surface area contributed by atoms with E-state index in [1.807, 2.05) is 54.6 Å². The molecule has 98 valence electrons. The zero-order valence-electron chi connectivity index (χ0n) is 10.7. The van der Waals surface area contributed by atoms with Crippen LogP contribution in [-0.4, -0.2) is 13.1 Å². The van der Waals surface area contributed by atoms with Crippen LogP contribution in [0.25, 0.3) is 0 Å². The summed E-state index contributed by atoms with van der Waals surface area (Å²) >= 11 is 6.03. The minimum atomic E-state index is -0.228. The Balaban J connectivity index is 2.37. The molecule has 1 unspecified atom stereocenters. The molecule has 2 aromatic carbocycles. The summed E-state index contributed by atoms with van der Waals surface area (Å²) in [6.45, 7) is 0. The minimum Gasteiger partial charge on any atom is -0.469 e. The maximum atomic E-state index is 11.6. The van der Waals surface area contributed by atoms with Gasteiger partial charge >= 0.3 is 5.97 Å². The van der Waals surface area contributed by atoms with E-state index in [0.29, 0.717) is 11.4 Å². The molecule has 1 atom stereocenters. The van der Waals surface area contributed by atoms with Gasteiger partial charge in [-0.15, -0.1) is 0 Å². The highest BCUT2D eigenvalue weighted by Crippen LogP contribution is 2.29. The Morgan fingerprint density at radius 2 is 1.79 bits per heavy atom. The number of rotatable bonds is 4. The van der Waals surface area contributed by atoms with Gasteiger partial charge in [-0.25, -0.2) is 0 Å². The largest absolute Gasteiger partial charge is 0.469 e. The van der Waals surface area contributed by atoms with Gasteiger partial charge < -0.3 is 4.74 Å². The van der Waals surface area contributed by atoms with Crippen LogP contribution < -0.4 is 0 Å². The lowest BCUT2D eigenvalue weighted by Crippen LogP contribution is -2.10. The topological polar surface area (TPSA) is 26.3 Å². The Bertz CT molecular complexity index is 552. The molecule has 0 aromatic heterocycles. The summed E-state index contributed by atoms with van der Waals surface area (Å²) in [6, 6.07) is 17.5. The van der Waals surface area contributed by atoms with Crippen molar-refractivity contribution in [1.29, 1.82) is 0 Å². The predicted molar refractivity (Wildman–Crippen MR) is 76.4 cm³/mol. The van der Waals surface area contributed by atoms with Gasteiger partial charge in [0.1, 0.15) is 0 Å². The van der Waals surface area contributed by atoms with E-state index in [9.17, 15) is 4.79 Å². The second kappa shape index (κ2) is 6.39. The van der Waals surface area contributed by atoms with Crippen molar-refractivity contribution in [2.75, 3.05) is 7.11 Å². The van der Waals surface area contributed by atoms with Gasteiger partial charge in [-0.1, -0.05) is 54.1 Å². The number of hydrogen-bond acceptors (Lipinski definition) is 2. The van der Waals surface area contributed by atoms with Crippen LogP contribution in [0.1, 0.15) is 23.5 Å². The summed E-state index contributed by atoms with van der Waals surface area (Å²) in [5.74, 6) is -0.263. The molecule has 3 heteroatoms. The summed E-state index contributed by atoms with van der Waals surface area (Å²) in [7, 11) is 1.41. The molecule has 0 saturated carbocycles. The zero-order chi connectivity index (χ0) is 13.7. The van der Waals surface area contributed by atoms with Crippen LogP contribution in [0, 0.1) is 0 Å². The Hall–Kier alpha value is -1.80. The first-order valence-corrected chi connectivity index (χ1v) is 6.45. The van der Waals surface area contributed by atoms with Crippen molar-refractivity contribution in [2.24, 2.45) is 0 Å². The van der Waals surface area contributed by atoms with Crippen LogP contribution in [0.4, 0.5) is 0 Å². The second-order valence-corrected chi connectivity index (χ2v) is 4.73. The smallest absolute Gasteiger partial charge is 0.306 e. The highest BCUT2D eigenvalue weighted by molar-refractivity contribution is 6.30. The van der Waals surface area contributed by atoms with Crippen LogP contribution in [0.2, 0.25) is 5.02 Å². The molecule has 0 heterocycles. The van der Waals surface area contributed by atoms with Crippen molar-refractivity contribution in [3.8, 4) is 0 Å². The first-order chi connectivity index (χ1) is 9.20. The molecular formula is C16H15ClO2. The first kappa shape index (κ1) is 13.6. The Labute approximate surface area is 118 Å². The maximum Gasteiger partial charge on any atom is 0.306 e. The summed E-state index contributed by atoms with van der Waals surface area (Å²) in [4.78, 5) is 11.6. The average Bonchev–Trinajstić information content (AvgIpc) is 2.45. The third-order valence-electron chi connectivity index (χ3n) is 3.05. The monoisotopic (exact) mass is 274 g/mol. The van der Waals surface area contributed by atoms with Crippen LogP contribution in [0.5, 0.6) is 0 Å². The molecule has 0 amide bonds. The number of halogens is 1. The summed E-state index contributed by atoms with van der Waals surface area (Å²) in [5, 5.41) is 0.670. The van der Waals surface area contributed by atoms with Gasteiger partial charge in [0.2, 0.25) is 0 Å². The van der Waals surface area contributed by atoms with Crippen molar-refractivity contribution < 1.29 is 9.53 Å². The maximum absolute atomic E-state index is 11.6. The van der Waals surface area contributed by atoms with Crippen LogP contribution in [0.3, 0.4) is 0 Å². The Kier molecular flexibility index (Phi) is 4.58. The average molecular weight is 275 g/mol. The highest BCUT2D eigenvalue weighted by Gasteiger charge is 2.18. The Morgan fingerprint density at radius 3 is 2.42 bits per heavy atom. The number of carbonyl (C=O) groups is 1. The van der Waals surface area contributed by atoms with Gasteiger partial charge in [0.15, 0.2) is 0 Å². The van der Waals surface area contributed by atoms with Gasteiger partial charge in [0.25, 0.3) is 0 Å². The van der Waals surface area contributed by atoms with Crippen LogP contribution >= 0.6 is 11.6 Å². The lowest BCUT2D eigenvalue weighted by molar-refractivity contribution is -0.140. The van der Waals surface area contributed by atoms with E-state index in [2.05, 4.69) is 0 Å². The second-order valence-electron chi connectivity index (χ2n) is 4.30. The van der Waals surface area contributed by atoms with Crippen molar-refractivity contribution >= 4 is 17.6 Å². The molecule has 2 rings (SSSR count). The van der Waals surface area contributed by atoms with Gasteiger partial charge in [0.05, 0.1) is 13.5 Å². The number of ether oxygens (including phenoxy) is 1. The van der Waals surface area contributed by atoms with Crippen molar-refractivity contribution in [3.05, 3.63) is 70.7 Å². The van der Waals surface area contributed by atoms with Gasteiger partial charge in [-0.2, -0.15) is 0 Å². The van der Waals surface area contributed by atoms with E-state index in [4.69, 9.17) is 16.3 Å². The number of esters is 1. The van der Waals surface area contributed by atoms with Gasteiger partial charge in [-0.3, -0.25) is 4.79 Å². The molecule has 0 radical (unpaired) electrons. The van der Waals surface area contributed by atoms with Gasteiger partial charge in [-0.05, 0) is 23.3 Å². The molecule has 0 aliphatic heterocycles. The summed E-state index contributed by atoms with van der Waals surface area (Å²) in [6.07, 6.45) is 0.306. The lowest BCUT2D eigenvalue weighted by Gasteiger charge is -2.17. The minimum absolute atomic E-state index is 0.0349. The standard InChI is InChI=1S/C16H15ClO2/c1-19-16(18)11-15(12-6-3-2-4-7-12)13-8-5-9-14(17)10-13/h2-10,15H,11H2,1H3. The van der Waals surface area contributed by atoms with E-state index in [1.54, 1.807) is 0 Å². The SMILES string of the molecule is COC(=O)CC(c1ccccc1)c1cccc(Cl)c1. The molecule has 0 aliphatic rings. The summed E-state index contributed by atoms with van der Waals surface area (Å²) < 4.78 is 4.78. The van der Waals surface area contributed by atoms with Gasteiger partial charge in [0, 0.05) is 10.9 Å². The molecule has 0 aliphatic carbocycles. The third-order valence-corrected chi connectivity index (χ3v) is 3.29. The highest BCUT2D eigenvalue weighted by atomic mass is 35.5. The number of benzene rings is 2. The van der Waals surface area contributed by atoms with Crippen molar-refractivity contribution in [1.82, 2.24) is 0 Å². The predicted octanol–water partition coefficient (Wildman–Crippen LogP) is 4.04. The summed E-state index contributed by atoms with van der Waals surface area (Å²) in [5.41, 5.74) is 2.10. The molecule has 2 aromatic rings. The zero-order valence-corrected chi connectivity index (χ0v) is 11.4. The van der Waals surface area contributed by atoms with E-state index in [-0.39, 0.29) is 11.9 Å². The molecule has 2 nitrogen and oxygen atoms in total. The fourth-order valence-corrected chi connectivity index (χ4v) is 2.29. The van der Waals surface area contributed by atoms with Crippen LogP contribution in [0.15, 0.2) is 54.6 Å². The number of carbonyl (C=O) groups excluding carboxylic acids is 1. The lowest BCUT2D eigenvalue weighted by atomic mass is 9.88. The molecule has 0 bridgehead atoms. The molecular weight excluding hydrogens is 260 g/mol. The molecule has 19 heavy (non-hydrogen) atoms. The Morgan fingerprint density at radius 1 is 1.11 bits per heavy atom. The molecule has 0 saturated heterocycles. The fourth-order valence-electron chi connectivity index (χ4n) is 2.09. The molecule has 0 fully saturated rings. The molecule has 0 N–H and O–H groups in total. The van der Waals surface area contributed by atoms with E-state index < -0.39 is 0 Å². The number of hydrogen-bond donors (Lipinski definition) is 0. The van der Waals surface area contributed by atoms with Crippen molar-refractivity contribution in [3.63, 3.8) is 0 Å². The third kappa shape index (κ3) is 3.58. The quantitative estimate of drug-likeness (QED) is 0.787.